The fourth-order valence-electron chi connectivity index (χ4n) is 1.97. The third-order valence-corrected chi connectivity index (χ3v) is 3.74. The number of urea groups is 1. The van der Waals surface area contributed by atoms with Crippen LogP contribution < -0.4 is 10.6 Å². The molecule has 0 spiro atoms. The maximum atomic E-state index is 13.5. The average molecular weight is 320 g/mol. The molecule has 0 bridgehead atoms. The van der Waals surface area contributed by atoms with Gasteiger partial charge in [0, 0.05) is 34.9 Å². The minimum atomic E-state index is -0.999. The molecule has 0 aromatic heterocycles. The van der Waals surface area contributed by atoms with Crippen LogP contribution in [0.15, 0.2) is 48.5 Å². The number of carbonyl (C=O) groups is 1. The van der Waals surface area contributed by atoms with Gasteiger partial charge in [-0.05, 0) is 17.7 Å². The van der Waals surface area contributed by atoms with Gasteiger partial charge in [0.05, 0.1) is 5.75 Å². The first-order valence-corrected chi connectivity index (χ1v) is 8.45. The lowest BCUT2D eigenvalue weighted by atomic mass is 10.2. The summed E-state index contributed by atoms with van der Waals surface area (Å²) in [6, 6.07) is 13.0. The van der Waals surface area contributed by atoms with Gasteiger partial charge >= 0.3 is 6.03 Å². The zero-order chi connectivity index (χ0) is 15.9. The second-order valence-electron chi connectivity index (χ2n) is 4.77. The standard InChI is InChI=1S/C16H17FN2O2S/c1-22(21)11-13-7-3-5-9-15(13)19-16(20)18-10-12-6-2-4-8-14(12)17/h2-9H,10-11H2,1H3,(H2,18,19,20)/t22-/m1/s1. The van der Waals surface area contributed by atoms with Gasteiger partial charge in [0.2, 0.25) is 0 Å². The molecule has 0 saturated heterocycles. The number of anilines is 1. The van der Waals surface area contributed by atoms with Crippen molar-refractivity contribution in [2.75, 3.05) is 11.6 Å². The Labute approximate surface area is 131 Å². The lowest BCUT2D eigenvalue weighted by Gasteiger charge is -2.11. The predicted molar refractivity (Wildman–Crippen MR) is 86.5 cm³/mol. The maximum Gasteiger partial charge on any atom is 0.319 e. The Morgan fingerprint density at radius 1 is 1.09 bits per heavy atom. The number of benzene rings is 2. The van der Waals surface area contributed by atoms with E-state index in [1.165, 1.54) is 6.07 Å². The first-order chi connectivity index (χ1) is 10.6. The van der Waals surface area contributed by atoms with E-state index in [2.05, 4.69) is 10.6 Å². The quantitative estimate of drug-likeness (QED) is 0.889. The summed E-state index contributed by atoms with van der Waals surface area (Å²) in [5.41, 5.74) is 1.81. The molecule has 1 atom stereocenters. The molecular formula is C16H17FN2O2S. The summed E-state index contributed by atoms with van der Waals surface area (Å²) in [5.74, 6) is 0.00798. The molecular weight excluding hydrogens is 303 g/mol. The van der Waals surface area contributed by atoms with Crippen LogP contribution in [0.3, 0.4) is 0 Å². The van der Waals surface area contributed by atoms with Gasteiger partial charge in [-0.25, -0.2) is 9.18 Å². The summed E-state index contributed by atoms with van der Waals surface area (Å²) in [4.78, 5) is 11.9. The third kappa shape index (κ3) is 4.66. The molecule has 22 heavy (non-hydrogen) atoms. The van der Waals surface area contributed by atoms with Crippen molar-refractivity contribution in [3.05, 3.63) is 65.5 Å². The molecule has 0 aliphatic heterocycles. The molecule has 2 rings (SSSR count). The van der Waals surface area contributed by atoms with Gasteiger partial charge < -0.3 is 10.6 Å². The Hall–Kier alpha value is -2.21. The average Bonchev–Trinajstić information content (AvgIpc) is 2.48. The summed E-state index contributed by atoms with van der Waals surface area (Å²) < 4.78 is 24.8. The van der Waals surface area contributed by atoms with Gasteiger partial charge in [0.15, 0.2) is 0 Å². The molecule has 2 N–H and O–H groups in total. The van der Waals surface area contributed by atoms with E-state index in [-0.39, 0.29) is 12.4 Å². The SMILES string of the molecule is C[S@@](=O)Cc1ccccc1NC(=O)NCc1ccccc1F. The molecule has 0 radical (unpaired) electrons. The Balaban J connectivity index is 1.98. The maximum absolute atomic E-state index is 13.5. The molecule has 0 fully saturated rings. The number of amides is 2. The highest BCUT2D eigenvalue weighted by Gasteiger charge is 2.08. The number of nitrogens with one attached hydrogen (secondary N) is 2. The monoisotopic (exact) mass is 320 g/mol. The van der Waals surface area contributed by atoms with E-state index in [0.717, 1.165) is 5.56 Å². The van der Waals surface area contributed by atoms with Crippen molar-refractivity contribution >= 4 is 22.5 Å². The lowest BCUT2D eigenvalue weighted by Crippen LogP contribution is -2.29. The molecule has 2 aromatic rings. The summed E-state index contributed by atoms with van der Waals surface area (Å²) in [6.45, 7) is 0.0976. The summed E-state index contributed by atoms with van der Waals surface area (Å²) in [5, 5.41) is 5.30. The zero-order valence-corrected chi connectivity index (χ0v) is 13.0. The molecule has 0 aliphatic carbocycles. The molecule has 0 unspecified atom stereocenters. The number of halogens is 1. The van der Waals surface area contributed by atoms with Crippen LogP contribution in [0.4, 0.5) is 14.9 Å². The highest BCUT2D eigenvalue weighted by molar-refractivity contribution is 7.83. The van der Waals surface area contributed by atoms with Crippen LogP contribution in [-0.4, -0.2) is 16.5 Å². The van der Waals surface area contributed by atoms with Crippen molar-refractivity contribution in [1.82, 2.24) is 5.32 Å². The van der Waals surface area contributed by atoms with E-state index in [4.69, 9.17) is 0 Å². The van der Waals surface area contributed by atoms with Crippen LogP contribution in [0.5, 0.6) is 0 Å². The Bertz CT molecular complexity index is 691. The van der Waals surface area contributed by atoms with Crippen LogP contribution >= 0.6 is 0 Å². The summed E-state index contributed by atoms with van der Waals surface area (Å²) in [6.07, 6.45) is 1.61. The Morgan fingerprint density at radius 2 is 1.73 bits per heavy atom. The lowest BCUT2D eigenvalue weighted by molar-refractivity contribution is 0.251. The normalized spacial score (nSPS) is 11.7. The second-order valence-corrected chi connectivity index (χ2v) is 6.21. The molecule has 0 heterocycles. The van der Waals surface area contributed by atoms with Crippen molar-refractivity contribution < 1.29 is 13.4 Å². The minimum Gasteiger partial charge on any atom is -0.334 e. The van der Waals surface area contributed by atoms with Crippen LogP contribution in [0.1, 0.15) is 11.1 Å². The molecule has 116 valence electrons. The van der Waals surface area contributed by atoms with Gasteiger partial charge in [-0.15, -0.1) is 0 Å². The van der Waals surface area contributed by atoms with Crippen molar-refractivity contribution in [2.24, 2.45) is 0 Å². The summed E-state index contributed by atoms with van der Waals surface area (Å²) in [7, 11) is -0.999. The number of para-hydroxylation sites is 1. The fraction of sp³-hybridized carbons (Fsp3) is 0.188. The van der Waals surface area contributed by atoms with E-state index in [0.29, 0.717) is 17.0 Å². The van der Waals surface area contributed by atoms with E-state index in [9.17, 15) is 13.4 Å². The molecule has 2 aromatic carbocycles. The van der Waals surface area contributed by atoms with Crippen molar-refractivity contribution in [1.29, 1.82) is 0 Å². The van der Waals surface area contributed by atoms with Gasteiger partial charge in [0.25, 0.3) is 0 Å². The van der Waals surface area contributed by atoms with Crippen LogP contribution in [0.25, 0.3) is 0 Å². The van der Waals surface area contributed by atoms with Gasteiger partial charge in [0.1, 0.15) is 5.82 Å². The minimum absolute atomic E-state index is 0.0976. The fourth-order valence-corrected chi connectivity index (χ4v) is 2.66. The topological polar surface area (TPSA) is 58.2 Å². The highest BCUT2D eigenvalue weighted by Crippen LogP contribution is 2.16. The molecule has 0 saturated carbocycles. The van der Waals surface area contributed by atoms with Crippen molar-refractivity contribution in [3.63, 3.8) is 0 Å². The van der Waals surface area contributed by atoms with Gasteiger partial charge in [-0.2, -0.15) is 0 Å². The number of carbonyl (C=O) groups excluding carboxylic acids is 1. The smallest absolute Gasteiger partial charge is 0.319 e. The number of hydrogen-bond acceptors (Lipinski definition) is 2. The molecule has 6 heteroatoms. The van der Waals surface area contributed by atoms with Gasteiger partial charge in [-0.3, -0.25) is 4.21 Å². The Morgan fingerprint density at radius 3 is 2.41 bits per heavy atom. The largest absolute Gasteiger partial charge is 0.334 e. The van der Waals surface area contributed by atoms with Crippen molar-refractivity contribution in [2.45, 2.75) is 12.3 Å². The molecule has 0 aliphatic rings. The van der Waals surface area contributed by atoms with Crippen molar-refractivity contribution in [3.8, 4) is 0 Å². The van der Waals surface area contributed by atoms with E-state index in [1.54, 1.807) is 36.6 Å². The second kappa shape index (κ2) is 7.70. The first kappa shape index (κ1) is 16.2. The van der Waals surface area contributed by atoms with Crippen LogP contribution in [0.2, 0.25) is 0 Å². The van der Waals surface area contributed by atoms with E-state index < -0.39 is 16.8 Å². The Kier molecular flexibility index (Phi) is 5.66. The summed E-state index contributed by atoms with van der Waals surface area (Å²) >= 11 is 0. The van der Waals surface area contributed by atoms with E-state index in [1.807, 2.05) is 12.1 Å². The highest BCUT2D eigenvalue weighted by atomic mass is 32.2. The van der Waals surface area contributed by atoms with Crippen LogP contribution in [-0.2, 0) is 23.1 Å². The van der Waals surface area contributed by atoms with Gasteiger partial charge in [-0.1, -0.05) is 36.4 Å². The van der Waals surface area contributed by atoms with Crippen LogP contribution in [0, 0.1) is 5.82 Å². The number of rotatable bonds is 5. The molecule has 4 nitrogen and oxygen atoms in total. The zero-order valence-electron chi connectivity index (χ0n) is 12.1. The third-order valence-electron chi connectivity index (χ3n) is 3.02. The van der Waals surface area contributed by atoms with E-state index >= 15 is 0 Å². The number of hydrogen-bond donors (Lipinski definition) is 2. The molecule has 2 amide bonds. The first-order valence-electron chi connectivity index (χ1n) is 6.72. The predicted octanol–water partition coefficient (Wildman–Crippen LogP) is 3.03.